The molecule has 1 atom stereocenters. The van der Waals surface area contributed by atoms with Gasteiger partial charge in [-0.15, -0.1) is 0 Å². The van der Waals surface area contributed by atoms with E-state index in [-0.39, 0.29) is 12.2 Å². The molecule has 8 heteroatoms. The van der Waals surface area contributed by atoms with Gasteiger partial charge in [0.05, 0.1) is 16.3 Å². The molecular weight excluding hydrogens is 487 g/mol. The van der Waals surface area contributed by atoms with Gasteiger partial charge in [0.15, 0.2) is 0 Å². The average Bonchev–Trinajstić information content (AvgIpc) is 3.19. The second kappa shape index (κ2) is 10.8. The number of benzene rings is 3. The number of carbonyl (C=O) groups is 2. The second-order valence-corrected chi connectivity index (χ2v) is 9.11. The van der Waals surface area contributed by atoms with E-state index in [1.807, 2.05) is 42.5 Å². The van der Waals surface area contributed by atoms with Gasteiger partial charge in [0.1, 0.15) is 18.2 Å². The van der Waals surface area contributed by atoms with Crippen LogP contribution in [0, 0.1) is 12.7 Å². The van der Waals surface area contributed by atoms with E-state index in [1.165, 1.54) is 17.6 Å². The number of anilines is 1. The number of hydrogen-bond acceptors (Lipinski definition) is 5. The molecule has 0 saturated carbocycles. The van der Waals surface area contributed by atoms with Gasteiger partial charge in [-0.2, -0.15) is 4.37 Å². The smallest absolute Gasteiger partial charge is 0.412 e. The third kappa shape index (κ3) is 5.58. The monoisotopic (exact) mass is 508 g/mol. The SMILES string of the molecule is Cc1nsc(-c2ccc(-c3ccc(CC=O)cc3F)cc2)c1NC(=O)O[C@H](C)c1ccccc1Cl. The summed E-state index contributed by atoms with van der Waals surface area (Å²) in [6.45, 7) is 3.56. The number of rotatable bonds is 7. The fourth-order valence-electron chi connectivity index (χ4n) is 3.69. The Morgan fingerprint density at radius 1 is 1.14 bits per heavy atom. The molecule has 1 N–H and O–H groups in total. The summed E-state index contributed by atoms with van der Waals surface area (Å²) in [5.74, 6) is -0.386. The number of aromatic nitrogens is 1. The second-order valence-electron chi connectivity index (χ2n) is 7.93. The number of amides is 1. The van der Waals surface area contributed by atoms with Gasteiger partial charge in [0.25, 0.3) is 0 Å². The highest BCUT2D eigenvalue weighted by atomic mass is 35.5. The standard InChI is InChI=1S/C27H22ClFN2O3S/c1-16-25(30-27(33)34-17(2)21-5-3-4-6-23(21)28)26(35-31-16)20-10-8-19(9-11-20)22-12-7-18(13-14-32)15-24(22)29/h3-12,14-15,17H,13H2,1-2H3,(H,30,33)/t17-/m1/s1. The Kier molecular flexibility index (Phi) is 7.58. The van der Waals surface area contributed by atoms with Crippen molar-refractivity contribution in [2.75, 3.05) is 5.32 Å². The number of halogens is 2. The predicted octanol–water partition coefficient (Wildman–Crippen LogP) is 7.63. The van der Waals surface area contributed by atoms with Crippen LogP contribution in [0.1, 0.15) is 29.8 Å². The number of carbonyl (C=O) groups excluding carboxylic acids is 2. The molecule has 4 rings (SSSR count). The fraction of sp³-hybridized carbons (Fsp3) is 0.148. The van der Waals surface area contributed by atoms with Crippen molar-refractivity contribution in [2.45, 2.75) is 26.4 Å². The van der Waals surface area contributed by atoms with Gasteiger partial charge >= 0.3 is 6.09 Å². The van der Waals surface area contributed by atoms with Gasteiger partial charge in [-0.3, -0.25) is 5.32 Å². The number of aldehydes is 1. The molecule has 0 bridgehead atoms. The Balaban J connectivity index is 1.52. The van der Waals surface area contributed by atoms with Gasteiger partial charge in [0.2, 0.25) is 0 Å². The minimum atomic E-state index is -0.615. The lowest BCUT2D eigenvalue weighted by Crippen LogP contribution is -2.16. The van der Waals surface area contributed by atoms with Crippen LogP contribution in [-0.2, 0) is 16.0 Å². The first-order valence-electron chi connectivity index (χ1n) is 10.9. The van der Waals surface area contributed by atoms with E-state index in [0.29, 0.717) is 38.7 Å². The molecule has 0 unspecified atom stereocenters. The quantitative estimate of drug-likeness (QED) is 0.260. The van der Waals surface area contributed by atoms with Crippen LogP contribution in [-0.4, -0.2) is 16.8 Å². The number of nitrogens with one attached hydrogen (secondary N) is 1. The zero-order valence-corrected chi connectivity index (χ0v) is 20.6. The highest BCUT2D eigenvalue weighted by Gasteiger charge is 2.19. The number of hydrogen-bond donors (Lipinski definition) is 1. The summed E-state index contributed by atoms with van der Waals surface area (Å²) in [4.78, 5) is 24.1. The molecule has 178 valence electrons. The van der Waals surface area contributed by atoms with Crippen molar-refractivity contribution >= 4 is 41.2 Å². The van der Waals surface area contributed by atoms with E-state index in [2.05, 4.69) is 9.69 Å². The van der Waals surface area contributed by atoms with Crippen LogP contribution in [0.4, 0.5) is 14.9 Å². The molecule has 0 spiro atoms. The van der Waals surface area contributed by atoms with E-state index in [1.54, 1.807) is 32.0 Å². The summed E-state index contributed by atoms with van der Waals surface area (Å²) in [6, 6.07) is 19.3. The molecule has 0 fully saturated rings. The van der Waals surface area contributed by atoms with Gasteiger partial charge < -0.3 is 9.53 Å². The van der Waals surface area contributed by atoms with E-state index >= 15 is 0 Å². The average molecular weight is 509 g/mol. The van der Waals surface area contributed by atoms with Gasteiger partial charge in [0, 0.05) is 22.6 Å². The first kappa shape index (κ1) is 24.6. The summed E-state index contributed by atoms with van der Waals surface area (Å²) >= 11 is 7.46. The molecule has 4 aromatic rings. The first-order chi connectivity index (χ1) is 16.9. The van der Waals surface area contributed by atoms with Crippen molar-refractivity contribution in [3.8, 4) is 21.6 Å². The third-order valence-electron chi connectivity index (χ3n) is 5.53. The molecule has 0 saturated heterocycles. The maximum absolute atomic E-state index is 14.6. The van der Waals surface area contributed by atoms with Crippen molar-refractivity contribution in [3.05, 3.63) is 94.4 Å². The minimum Gasteiger partial charge on any atom is -0.441 e. The van der Waals surface area contributed by atoms with Crippen LogP contribution >= 0.6 is 23.1 Å². The molecular formula is C27H22ClFN2O3S. The van der Waals surface area contributed by atoms with Gasteiger partial charge in [-0.05, 0) is 54.2 Å². The lowest BCUT2D eigenvalue weighted by Gasteiger charge is -2.16. The van der Waals surface area contributed by atoms with Gasteiger partial charge in [-0.1, -0.05) is 66.2 Å². The zero-order chi connectivity index (χ0) is 24.9. The maximum atomic E-state index is 14.6. The Hall–Kier alpha value is -3.55. The molecule has 1 amide bonds. The Labute approximate surface area is 211 Å². The van der Waals surface area contributed by atoms with Crippen LogP contribution in [0.5, 0.6) is 0 Å². The molecule has 3 aromatic carbocycles. The first-order valence-corrected chi connectivity index (χ1v) is 12.0. The molecule has 1 aromatic heterocycles. The molecule has 0 aliphatic carbocycles. The number of ether oxygens (including phenoxy) is 1. The molecule has 5 nitrogen and oxygen atoms in total. The molecule has 0 radical (unpaired) electrons. The molecule has 0 aliphatic heterocycles. The number of aryl methyl sites for hydroxylation is 1. The lowest BCUT2D eigenvalue weighted by atomic mass is 10.0. The normalized spacial score (nSPS) is 11.7. The Bertz CT molecular complexity index is 1370. The topological polar surface area (TPSA) is 68.3 Å². The number of nitrogens with zero attached hydrogens (tertiary/aromatic N) is 1. The van der Waals surface area contributed by atoms with Crippen LogP contribution in [0.25, 0.3) is 21.6 Å². The Morgan fingerprint density at radius 3 is 2.54 bits per heavy atom. The highest BCUT2D eigenvalue weighted by molar-refractivity contribution is 7.10. The predicted molar refractivity (Wildman–Crippen MR) is 137 cm³/mol. The van der Waals surface area contributed by atoms with E-state index < -0.39 is 12.2 Å². The summed E-state index contributed by atoms with van der Waals surface area (Å²) in [6.07, 6.45) is -0.225. The summed E-state index contributed by atoms with van der Waals surface area (Å²) in [5, 5.41) is 3.33. The van der Waals surface area contributed by atoms with Crippen LogP contribution in [0.3, 0.4) is 0 Å². The van der Waals surface area contributed by atoms with Crippen LogP contribution < -0.4 is 5.32 Å². The van der Waals surface area contributed by atoms with Gasteiger partial charge in [-0.25, -0.2) is 9.18 Å². The fourth-order valence-corrected chi connectivity index (χ4v) is 4.83. The van der Waals surface area contributed by atoms with Crippen molar-refractivity contribution in [1.29, 1.82) is 0 Å². The van der Waals surface area contributed by atoms with E-state index in [9.17, 15) is 14.0 Å². The summed E-state index contributed by atoms with van der Waals surface area (Å²) in [5.41, 5.74) is 4.54. The van der Waals surface area contributed by atoms with E-state index in [0.717, 1.165) is 16.7 Å². The third-order valence-corrected chi connectivity index (χ3v) is 6.86. The van der Waals surface area contributed by atoms with Crippen molar-refractivity contribution < 1.29 is 18.7 Å². The largest absolute Gasteiger partial charge is 0.441 e. The highest BCUT2D eigenvalue weighted by Crippen LogP contribution is 2.36. The minimum absolute atomic E-state index is 0.177. The summed E-state index contributed by atoms with van der Waals surface area (Å²) in [7, 11) is 0. The Morgan fingerprint density at radius 2 is 1.86 bits per heavy atom. The van der Waals surface area contributed by atoms with Crippen molar-refractivity contribution in [1.82, 2.24) is 4.37 Å². The lowest BCUT2D eigenvalue weighted by molar-refractivity contribution is -0.107. The maximum Gasteiger partial charge on any atom is 0.412 e. The van der Waals surface area contributed by atoms with Crippen LogP contribution in [0.2, 0.25) is 5.02 Å². The summed E-state index contributed by atoms with van der Waals surface area (Å²) < 4.78 is 24.5. The molecule has 1 heterocycles. The molecule has 35 heavy (non-hydrogen) atoms. The van der Waals surface area contributed by atoms with Crippen molar-refractivity contribution in [3.63, 3.8) is 0 Å². The van der Waals surface area contributed by atoms with Crippen LogP contribution in [0.15, 0.2) is 66.7 Å². The van der Waals surface area contributed by atoms with E-state index in [4.69, 9.17) is 16.3 Å². The van der Waals surface area contributed by atoms with Crippen molar-refractivity contribution in [2.24, 2.45) is 0 Å². The molecule has 0 aliphatic rings. The zero-order valence-electron chi connectivity index (χ0n) is 19.0.